The number of anilines is 1. The Morgan fingerprint density at radius 1 is 1.53 bits per heavy atom. The van der Waals surface area contributed by atoms with Crippen molar-refractivity contribution in [1.29, 1.82) is 0 Å². The SMILES string of the molecule is CCOc1cccc(N2CCC(N)=N2)c1. The van der Waals surface area contributed by atoms with E-state index in [1.54, 1.807) is 0 Å². The minimum Gasteiger partial charge on any atom is -0.494 e. The molecule has 2 rings (SSSR count). The Balaban J connectivity index is 2.18. The van der Waals surface area contributed by atoms with Crippen LogP contribution in [0, 0.1) is 0 Å². The Morgan fingerprint density at radius 3 is 3.07 bits per heavy atom. The van der Waals surface area contributed by atoms with Crippen molar-refractivity contribution in [2.75, 3.05) is 18.2 Å². The standard InChI is InChI=1S/C11H15N3O/c1-2-15-10-5-3-4-9(8-10)14-7-6-11(12)13-14/h3-5,8H,2,6-7H2,1H3,(H2,12,13). The molecule has 0 atom stereocenters. The molecule has 0 bridgehead atoms. The number of rotatable bonds is 3. The normalized spacial score (nSPS) is 15.3. The van der Waals surface area contributed by atoms with Gasteiger partial charge in [-0.05, 0) is 19.1 Å². The monoisotopic (exact) mass is 205 g/mol. The molecule has 0 saturated carbocycles. The Labute approximate surface area is 89.3 Å². The Kier molecular flexibility index (Phi) is 2.76. The maximum atomic E-state index is 5.64. The van der Waals surface area contributed by atoms with Gasteiger partial charge in [-0.15, -0.1) is 0 Å². The second-order valence-electron chi connectivity index (χ2n) is 3.39. The number of hydrazone groups is 1. The largest absolute Gasteiger partial charge is 0.494 e. The lowest BCUT2D eigenvalue weighted by Crippen LogP contribution is -2.11. The molecule has 0 amide bonds. The number of nitrogens with zero attached hydrogens (tertiary/aromatic N) is 2. The van der Waals surface area contributed by atoms with Crippen LogP contribution in [0.3, 0.4) is 0 Å². The zero-order valence-electron chi connectivity index (χ0n) is 8.81. The summed E-state index contributed by atoms with van der Waals surface area (Å²) in [5.74, 6) is 1.56. The Morgan fingerprint density at radius 2 is 2.40 bits per heavy atom. The smallest absolute Gasteiger partial charge is 0.122 e. The zero-order valence-corrected chi connectivity index (χ0v) is 8.81. The molecule has 0 spiro atoms. The van der Waals surface area contributed by atoms with Crippen molar-refractivity contribution in [3.8, 4) is 5.75 Å². The minimum atomic E-state index is 0.675. The van der Waals surface area contributed by atoms with E-state index in [4.69, 9.17) is 10.5 Å². The first-order valence-corrected chi connectivity index (χ1v) is 5.13. The van der Waals surface area contributed by atoms with Crippen molar-refractivity contribution >= 4 is 11.5 Å². The van der Waals surface area contributed by atoms with Crippen LogP contribution in [0.15, 0.2) is 29.4 Å². The zero-order chi connectivity index (χ0) is 10.7. The van der Waals surface area contributed by atoms with E-state index in [1.807, 2.05) is 36.2 Å². The van der Waals surface area contributed by atoms with Gasteiger partial charge >= 0.3 is 0 Å². The van der Waals surface area contributed by atoms with Crippen molar-refractivity contribution in [3.63, 3.8) is 0 Å². The predicted octanol–water partition coefficient (Wildman–Crippen LogP) is 1.57. The summed E-state index contributed by atoms with van der Waals surface area (Å²) in [5.41, 5.74) is 6.67. The molecule has 0 aliphatic carbocycles. The first-order chi connectivity index (χ1) is 7.29. The molecule has 1 aliphatic heterocycles. The van der Waals surface area contributed by atoms with Crippen LogP contribution < -0.4 is 15.5 Å². The first-order valence-electron chi connectivity index (χ1n) is 5.13. The fraction of sp³-hybridized carbons (Fsp3) is 0.364. The fourth-order valence-corrected chi connectivity index (χ4v) is 1.56. The number of hydrogen-bond acceptors (Lipinski definition) is 4. The molecule has 1 heterocycles. The summed E-state index contributed by atoms with van der Waals surface area (Å²) in [4.78, 5) is 0. The van der Waals surface area contributed by atoms with E-state index in [-0.39, 0.29) is 0 Å². The molecule has 0 unspecified atom stereocenters. The lowest BCUT2D eigenvalue weighted by molar-refractivity contribution is 0.340. The molecule has 80 valence electrons. The summed E-state index contributed by atoms with van der Waals surface area (Å²) in [6, 6.07) is 7.89. The average molecular weight is 205 g/mol. The van der Waals surface area contributed by atoms with E-state index in [1.165, 1.54) is 0 Å². The lowest BCUT2D eigenvalue weighted by atomic mass is 10.3. The molecule has 1 aliphatic rings. The lowest BCUT2D eigenvalue weighted by Gasteiger charge is -2.14. The number of hydrogen-bond donors (Lipinski definition) is 1. The third-order valence-electron chi connectivity index (χ3n) is 2.26. The summed E-state index contributed by atoms with van der Waals surface area (Å²) < 4.78 is 5.43. The molecule has 1 aromatic rings. The second kappa shape index (κ2) is 4.21. The van der Waals surface area contributed by atoms with Crippen LogP contribution in [0.5, 0.6) is 5.75 Å². The maximum Gasteiger partial charge on any atom is 0.122 e. The average Bonchev–Trinajstić information content (AvgIpc) is 2.66. The highest BCUT2D eigenvalue weighted by Gasteiger charge is 2.13. The molecule has 0 saturated heterocycles. The number of nitrogens with two attached hydrogens (primary N) is 1. The van der Waals surface area contributed by atoms with Crippen LogP contribution in [0.25, 0.3) is 0 Å². The molecular formula is C11H15N3O. The highest BCUT2D eigenvalue weighted by atomic mass is 16.5. The van der Waals surface area contributed by atoms with Crippen LogP contribution in [0.4, 0.5) is 5.69 Å². The van der Waals surface area contributed by atoms with Gasteiger partial charge in [0.1, 0.15) is 11.6 Å². The van der Waals surface area contributed by atoms with Gasteiger partial charge in [0.2, 0.25) is 0 Å². The Bertz CT molecular complexity index is 376. The van der Waals surface area contributed by atoms with E-state index >= 15 is 0 Å². The van der Waals surface area contributed by atoms with Gasteiger partial charge in [0, 0.05) is 19.0 Å². The predicted molar refractivity (Wildman–Crippen MR) is 61.2 cm³/mol. The van der Waals surface area contributed by atoms with Crippen molar-refractivity contribution in [3.05, 3.63) is 24.3 Å². The summed E-state index contributed by atoms with van der Waals surface area (Å²) in [6.07, 6.45) is 0.832. The summed E-state index contributed by atoms with van der Waals surface area (Å²) in [5, 5.41) is 6.13. The van der Waals surface area contributed by atoms with Gasteiger partial charge in [-0.2, -0.15) is 5.10 Å². The van der Waals surface area contributed by atoms with Crippen LogP contribution in [0.1, 0.15) is 13.3 Å². The van der Waals surface area contributed by atoms with Gasteiger partial charge in [-0.25, -0.2) is 0 Å². The van der Waals surface area contributed by atoms with E-state index in [2.05, 4.69) is 5.10 Å². The highest BCUT2D eigenvalue weighted by Crippen LogP contribution is 2.23. The fourth-order valence-electron chi connectivity index (χ4n) is 1.56. The molecule has 0 fully saturated rings. The topological polar surface area (TPSA) is 50.9 Å². The summed E-state index contributed by atoms with van der Waals surface area (Å²) >= 11 is 0. The highest BCUT2D eigenvalue weighted by molar-refractivity contribution is 5.84. The summed E-state index contributed by atoms with van der Waals surface area (Å²) in [7, 11) is 0. The third-order valence-corrected chi connectivity index (χ3v) is 2.26. The third kappa shape index (κ3) is 2.21. The van der Waals surface area contributed by atoms with Gasteiger partial charge in [-0.1, -0.05) is 6.07 Å². The minimum absolute atomic E-state index is 0.675. The van der Waals surface area contributed by atoms with Crippen LogP contribution in [-0.4, -0.2) is 19.0 Å². The van der Waals surface area contributed by atoms with Gasteiger partial charge < -0.3 is 10.5 Å². The van der Waals surface area contributed by atoms with Crippen LogP contribution in [0.2, 0.25) is 0 Å². The van der Waals surface area contributed by atoms with Crippen molar-refractivity contribution in [2.24, 2.45) is 10.8 Å². The van der Waals surface area contributed by atoms with E-state index < -0.39 is 0 Å². The maximum absolute atomic E-state index is 5.64. The molecule has 4 nitrogen and oxygen atoms in total. The first kappa shape index (κ1) is 9.83. The molecule has 0 aromatic heterocycles. The molecule has 2 N–H and O–H groups in total. The molecule has 4 heteroatoms. The number of ether oxygens (including phenoxy) is 1. The number of amidine groups is 1. The van der Waals surface area contributed by atoms with Crippen LogP contribution >= 0.6 is 0 Å². The van der Waals surface area contributed by atoms with Gasteiger partial charge in [-0.3, -0.25) is 5.01 Å². The molecular weight excluding hydrogens is 190 g/mol. The van der Waals surface area contributed by atoms with E-state index in [0.29, 0.717) is 12.4 Å². The Hall–Kier alpha value is -1.71. The van der Waals surface area contributed by atoms with Gasteiger partial charge in [0.05, 0.1) is 12.3 Å². The number of benzene rings is 1. The molecule has 15 heavy (non-hydrogen) atoms. The van der Waals surface area contributed by atoms with Gasteiger partial charge in [0.15, 0.2) is 0 Å². The van der Waals surface area contributed by atoms with E-state index in [0.717, 1.165) is 24.4 Å². The molecule has 0 radical (unpaired) electrons. The second-order valence-corrected chi connectivity index (χ2v) is 3.39. The van der Waals surface area contributed by atoms with Crippen LogP contribution in [-0.2, 0) is 0 Å². The van der Waals surface area contributed by atoms with Crippen molar-refractivity contribution in [2.45, 2.75) is 13.3 Å². The molecule has 1 aromatic carbocycles. The summed E-state index contributed by atoms with van der Waals surface area (Å²) in [6.45, 7) is 3.49. The van der Waals surface area contributed by atoms with Gasteiger partial charge in [0.25, 0.3) is 0 Å². The van der Waals surface area contributed by atoms with Crippen molar-refractivity contribution in [1.82, 2.24) is 0 Å². The van der Waals surface area contributed by atoms with E-state index in [9.17, 15) is 0 Å². The van der Waals surface area contributed by atoms with Crippen molar-refractivity contribution < 1.29 is 4.74 Å². The quantitative estimate of drug-likeness (QED) is 0.814.